The molecule has 0 radical (unpaired) electrons. The van der Waals surface area contributed by atoms with Gasteiger partial charge in [0.2, 0.25) is 15.9 Å². The number of rotatable bonds is 4. The smallest absolute Gasteiger partial charge is 0.343 e. The van der Waals surface area contributed by atoms with Gasteiger partial charge < -0.3 is 5.32 Å². The lowest BCUT2D eigenvalue weighted by molar-refractivity contribution is -0.135. The van der Waals surface area contributed by atoms with Gasteiger partial charge in [-0.15, -0.1) is 0 Å². The molecule has 1 aliphatic heterocycles. The van der Waals surface area contributed by atoms with Crippen LogP contribution in [0.25, 0.3) is 6.08 Å². The number of sulfonamides is 1. The number of benzene rings is 1. The van der Waals surface area contributed by atoms with Crippen molar-refractivity contribution < 1.29 is 26.4 Å². The SMILES string of the molecule is O=C(/C=C/c1ccc(N2CCCS2(=O)=O)cc1)NCC(F)(F)F. The van der Waals surface area contributed by atoms with E-state index in [-0.39, 0.29) is 5.75 Å². The van der Waals surface area contributed by atoms with Crippen LogP contribution >= 0.6 is 0 Å². The van der Waals surface area contributed by atoms with Crippen LogP contribution in [0.2, 0.25) is 0 Å². The number of carbonyl (C=O) groups excluding carboxylic acids is 1. The molecule has 0 aromatic heterocycles. The van der Waals surface area contributed by atoms with Gasteiger partial charge >= 0.3 is 6.18 Å². The molecule has 0 atom stereocenters. The number of halogens is 3. The molecule has 1 fully saturated rings. The first-order chi connectivity index (χ1) is 10.7. The number of hydrogen-bond donors (Lipinski definition) is 1. The van der Waals surface area contributed by atoms with Gasteiger partial charge in [0, 0.05) is 12.6 Å². The summed E-state index contributed by atoms with van der Waals surface area (Å²) >= 11 is 0. The van der Waals surface area contributed by atoms with Crippen LogP contribution in [0.3, 0.4) is 0 Å². The Bertz CT molecular complexity index is 697. The average Bonchev–Trinajstić information content (AvgIpc) is 2.82. The summed E-state index contributed by atoms with van der Waals surface area (Å²) in [4.78, 5) is 11.2. The minimum absolute atomic E-state index is 0.119. The molecular formula is C14H15F3N2O3S. The topological polar surface area (TPSA) is 66.5 Å². The van der Waals surface area contributed by atoms with Crippen molar-refractivity contribution in [3.8, 4) is 0 Å². The zero-order chi connectivity index (χ0) is 17.1. The van der Waals surface area contributed by atoms with Crippen molar-refractivity contribution in [3.63, 3.8) is 0 Å². The van der Waals surface area contributed by atoms with E-state index in [1.165, 1.54) is 10.4 Å². The van der Waals surface area contributed by atoms with Crippen LogP contribution in [0.15, 0.2) is 30.3 Å². The van der Waals surface area contributed by atoms with E-state index in [0.29, 0.717) is 24.2 Å². The van der Waals surface area contributed by atoms with E-state index < -0.39 is 28.7 Å². The molecule has 1 saturated heterocycles. The van der Waals surface area contributed by atoms with Gasteiger partial charge in [-0.3, -0.25) is 9.10 Å². The Morgan fingerprint density at radius 1 is 1.26 bits per heavy atom. The number of nitrogens with zero attached hydrogens (tertiary/aromatic N) is 1. The third kappa shape index (κ3) is 4.98. The van der Waals surface area contributed by atoms with Crippen molar-refractivity contribution >= 4 is 27.7 Å². The zero-order valence-corrected chi connectivity index (χ0v) is 12.8. The lowest BCUT2D eigenvalue weighted by Gasteiger charge is -2.16. The number of alkyl halides is 3. The molecule has 0 bridgehead atoms. The Morgan fingerprint density at radius 3 is 2.43 bits per heavy atom. The second kappa shape index (κ2) is 6.61. The number of carbonyl (C=O) groups is 1. The predicted molar refractivity (Wildman–Crippen MR) is 80.3 cm³/mol. The van der Waals surface area contributed by atoms with E-state index in [0.717, 1.165) is 6.08 Å². The van der Waals surface area contributed by atoms with Crippen molar-refractivity contribution in [1.82, 2.24) is 5.32 Å². The Balaban J connectivity index is 1.97. The third-order valence-electron chi connectivity index (χ3n) is 3.17. The fourth-order valence-electron chi connectivity index (χ4n) is 2.10. The second-order valence-corrected chi connectivity index (χ2v) is 7.01. The molecule has 0 aliphatic carbocycles. The second-order valence-electron chi connectivity index (χ2n) is 5.00. The highest BCUT2D eigenvalue weighted by Crippen LogP contribution is 2.24. The lowest BCUT2D eigenvalue weighted by atomic mass is 10.2. The number of nitrogens with one attached hydrogen (secondary N) is 1. The molecule has 1 aromatic carbocycles. The van der Waals surface area contributed by atoms with Crippen LogP contribution in [0.5, 0.6) is 0 Å². The molecule has 23 heavy (non-hydrogen) atoms. The molecule has 1 heterocycles. The Kier molecular flexibility index (Phi) is 4.98. The summed E-state index contributed by atoms with van der Waals surface area (Å²) in [7, 11) is -3.26. The van der Waals surface area contributed by atoms with Gasteiger partial charge in [-0.2, -0.15) is 13.2 Å². The number of anilines is 1. The molecule has 0 unspecified atom stereocenters. The average molecular weight is 348 g/mol. The minimum atomic E-state index is -4.45. The summed E-state index contributed by atoms with van der Waals surface area (Å²) in [5.74, 6) is -0.734. The first-order valence-corrected chi connectivity index (χ1v) is 8.41. The van der Waals surface area contributed by atoms with Gasteiger partial charge in [0.05, 0.1) is 11.4 Å². The summed E-state index contributed by atoms with van der Waals surface area (Å²) in [6.45, 7) is -0.959. The van der Waals surface area contributed by atoms with Crippen LogP contribution in [0, 0.1) is 0 Å². The monoisotopic (exact) mass is 348 g/mol. The van der Waals surface area contributed by atoms with E-state index in [4.69, 9.17) is 0 Å². The largest absolute Gasteiger partial charge is 0.405 e. The van der Waals surface area contributed by atoms with E-state index in [9.17, 15) is 26.4 Å². The molecular weight excluding hydrogens is 333 g/mol. The zero-order valence-electron chi connectivity index (χ0n) is 12.0. The van der Waals surface area contributed by atoms with E-state index >= 15 is 0 Å². The maximum absolute atomic E-state index is 11.9. The van der Waals surface area contributed by atoms with Crippen LogP contribution < -0.4 is 9.62 Å². The summed E-state index contributed by atoms with van der Waals surface area (Å²) in [5.41, 5.74) is 1.11. The summed E-state index contributed by atoms with van der Waals surface area (Å²) < 4.78 is 60.7. The third-order valence-corrected chi connectivity index (χ3v) is 5.04. The van der Waals surface area contributed by atoms with Crippen LogP contribution in [0.4, 0.5) is 18.9 Å². The molecule has 1 amide bonds. The molecule has 5 nitrogen and oxygen atoms in total. The summed E-state index contributed by atoms with van der Waals surface area (Å²) in [5, 5.41) is 1.72. The predicted octanol–water partition coefficient (Wildman–Crippen LogP) is 1.92. The van der Waals surface area contributed by atoms with Crippen LogP contribution in [-0.2, 0) is 14.8 Å². The highest BCUT2D eigenvalue weighted by Gasteiger charge is 2.28. The first kappa shape index (κ1) is 17.3. The normalized spacial score (nSPS) is 17.6. The first-order valence-electron chi connectivity index (χ1n) is 6.80. The van der Waals surface area contributed by atoms with Gasteiger partial charge in [-0.05, 0) is 30.2 Å². The van der Waals surface area contributed by atoms with Crippen molar-refractivity contribution in [2.75, 3.05) is 23.1 Å². The molecule has 1 aromatic rings. The summed E-state index contributed by atoms with van der Waals surface area (Å²) in [6.07, 6.45) is -1.53. The maximum atomic E-state index is 11.9. The van der Waals surface area contributed by atoms with Gasteiger partial charge in [0.15, 0.2) is 0 Å². The fourth-order valence-corrected chi connectivity index (χ4v) is 3.66. The van der Waals surface area contributed by atoms with Crippen LogP contribution in [-0.4, -0.2) is 39.3 Å². The minimum Gasteiger partial charge on any atom is -0.343 e. The lowest BCUT2D eigenvalue weighted by Crippen LogP contribution is -2.32. The Morgan fingerprint density at radius 2 is 1.91 bits per heavy atom. The number of amides is 1. The Hall–Kier alpha value is -2.03. The highest BCUT2D eigenvalue weighted by molar-refractivity contribution is 7.93. The van der Waals surface area contributed by atoms with Gasteiger partial charge in [0.25, 0.3) is 0 Å². The Labute approximate surface area is 131 Å². The molecule has 1 aliphatic rings. The van der Waals surface area contributed by atoms with Crippen molar-refractivity contribution in [2.24, 2.45) is 0 Å². The molecule has 9 heteroatoms. The van der Waals surface area contributed by atoms with Crippen LogP contribution in [0.1, 0.15) is 12.0 Å². The van der Waals surface area contributed by atoms with E-state index in [2.05, 4.69) is 0 Å². The molecule has 1 N–H and O–H groups in total. The fraction of sp³-hybridized carbons (Fsp3) is 0.357. The van der Waals surface area contributed by atoms with Crippen molar-refractivity contribution in [3.05, 3.63) is 35.9 Å². The summed E-state index contributed by atoms with van der Waals surface area (Å²) in [6, 6.07) is 6.37. The standard InChI is InChI=1S/C14H15F3N2O3S/c15-14(16,17)10-18-13(20)7-4-11-2-5-12(6-3-11)19-8-1-9-23(19,21)22/h2-7H,1,8-10H2,(H,18,20)/b7-4+. The molecule has 0 saturated carbocycles. The quantitative estimate of drug-likeness (QED) is 0.846. The van der Waals surface area contributed by atoms with Gasteiger partial charge in [0.1, 0.15) is 6.54 Å². The molecule has 0 spiro atoms. The van der Waals surface area contributed by atoms with Crippen molar-refractivity contribution in [2.45, 2.75) is 12.6 Å². The van der Waals surface area contributed by atoms with E-state index in [1.54, 1.807) is 29.6 Å². The number of hydrogen-bond acceptors (Lipinski definition) is 3. The van der Waals surface area contributed by atoms with E-state index in [1.807, 2.05) is 0 Å². The van der Waals surface area contributed by atoms with Gasteiger partial charge in [-0.1, -0.05) is 12.1 Å². The molecule has 2 rings (SSSR count). The van der Waals surface area contributed by atoms with Gasteiger partial charge in [-0.25, -0.2) is 8.42 Å². The van der Waals surface area contributed by atoms with Crippen molar-refractivity contribution in [1.29, 1.82) is 0 Å². The maximum Gasteiger partial charge on any atom is 0.405 e. The highest BCUT2D eigenvalue weighted by atomic mass is 32.2. The molecule has 126 valence electrons.